The number of carbonyl (C=O) groups excluding carboxylic acids is 2. The second kappa shape index (κ2) is 14.6. The molecule has 1 unspecified atom stereocenters. The highest BCUT2D eigenvalue weighted by Crippen LogP contribution is 2.32. The molecule has 2 aromatic carbocycles. The number of alkyl halides is 3. The molecule has 5 rings (SSSR count). The number of halogens is 5. The predicted octanol–water partition coefficient (Wildman–Crippen LogP) is 4.14. The summed E-state index contributed by atoms with van der Waals surface area (Å²) in [6, 6.07) is 7.10. The summed E-state index contributed by atoms with van der Waals surface area (Å²) in [4.78, 5) is 33.4. The smallest absolute Gasteiger partial charge is 0.451 e. The second-order valence-electron chi connectivity index (χ2n) is 11.8. The topological polar surface area (TPSA) is 131 Å². The highest BCUT2D eigenvalue weighted by atomic mass is 32.2. The zero-order valence-corrected chi connectivity index (χ0v) is 26.7. The Balaban J connectivity index is 1.46. The third-order valence-corrected chi connectivity index (χ3v) is 10.7. The number of fused-ring (bicyclic) bond motifs is 2. The monoisotopic (exact) mass is 695 g/mol. The SMILES string of the molecule is COC(=O)N[C@H](C(=O)Cc1cccc(F)c1CC[C@H]1CN[C@@H]2CCCS(=O)(=O)N1C2)[C@@H](c1ccc(F)cc1)c1cnc(C(F)(F)F)nc1. The number of ketones is 1. The summed E-state index contributed by atoms with van der Waals surface area (Å²) >= 11 is 0. The first-order chi connectivity index (χ1) is 22.8. The van der Waals surface area contributed by atoms with Crippen molar-refractivity contribution in [2.75, 3.05) is 26.0 Å². The fourth-order valence-electron chi connectivity index (χ4n) is 6.33. The van der Waals surface area contributed by atoms with E-state index in [1.54, 1.807) is 0 Å². The number of carbonyl (C=O) groups is 2. The van der Waals surface area contributed by atoms with Crippen LogP contribution >= 0.6 is 0 Å². The lowest BCUT2D eigenvalue weighted by Crippen LogP contribution is -2.57. The van der Waals surface area contributed by atoms with Crippen molar-refractivity contribution >= 4 is 21.9 Å². The molecule has 0 saturated carbocycles. The number of Topliss-reactive ketones (excluding diaryl/α,β-unsaturated/α-hetero) is 1. The number of piperazine rings is 1. The molecule has 2 bridgehead atoms. The zero-order valence-electron chi connectivity index (χ0n) is 25.8. The minimum Gasteiger partial charge on any atom is -0.453 e. The van der Waals surface area contributed by atoms with E-state index in [9.17, 15) is 35.6 Å². The van der Waals surface area contributed by atoms with Crippen LogP contribution in [-0.4, -0.2) is 78.6 Å². The summed E-state index contributed by atoms with van der Waals surface area (Å²) in [5.41, 5.74) is 0.716. The van der Waals surface area contributed by atoms with Gasteiger partial charge in [-0.1, -0.05) is 24.3 Å². The molecule has 3 heterocycles. The molecular formula is C32H34F5N5O5S. The van der Waals surface area contributed by atoms with Crippen molar-refractivity contribution in [2.45, 2.75) is 62.3 Å². The van der Waals surface area contributed by atoms with E-state index >= 15 is 4.39 Å². The summed E-state index contributed by atoms with van der Waals surface area (Å²) < 4.78 is 101. The molecule has 0 spiro atoms. The van der Waals surface area contributed by atoms with Gasteiger partial charge in [0.15, 0.2) is 5.78 Å². The number of hydrogen-bond acceptors (Lipinski definition) is 8. The van der Waals surface area contributed by atoms with Crippen molar-refractivity contribution in [3.63, 3.8) is 0 Å². The first-order valence-electron chi connectivity index (χ1n) is 15.3. The minimum atomic E-state index is -4.84. The standard InChI is InChI=1S/C32H34F5N5O5S/c1-47-31(44)41-29(28(19-7-9-22(33)10-8-19)21-15-39-30(40-16-21)32(35,36)37)27(43)14-20-4-2-6-26(34)25(20)12-11-24-17-38-23-5-3-13-48(45,46)42(24)18-23/h2,4,6-10,15-16,23-24,28-29,38H,3,5,11-14,17-18H2,1H3,(H,41,44)/t23-,24+,28+,29-/m1/s1. The normalized spacial score (nSPS) is 21.8. The maximum absolute atomic E-state index is 15.4. The van der Waals surface area contributed by atoms with Gasteiger partial charge in [-0.15, -0.1) is 0 Å². The van der Waals surface area contributed by atoms with Gasteiger partial charge in [-0.3, -0.25) is 4.79 Å². The second-order valence-corrected chi connectivity index (χ2v) is 13.9. The van der Waals surface area contributed by atoms with E-state index in [1.807, 2.05) is 0 Å². The van der Waals surface area contributed by atoms with Crippen LogP contribution in [0.25, 0.3) is 0 Å². The summed E-state index contributed by atoms with van der Waals surface area (Å²) in [5.74, 6) is -4.48. The Bertz CT molecular complexity index is 1720. The van der Waals surface area contributed by atoms with Gasteiger partial charge in [0.2, 0.25) is 15.8 Å². The third kappa shape index (κ3) is 8.15. The van der Waals surface area contributed by atoms with Crippen molar-refractivity contribution in [1.29, 1.82) is 0 Å². The van der Waals surface area contributed by atoms with Crippen LogP contribution in [-0.2, 0) is 38.6 Å². The number of benzene rings is 2. The number of amides is 1. The van der Waals surface area contributed by atoms with Crippen molar-refractivity contribution in [3.05, 3.63) is 94.6 Å². The molecule has 10 nitrogen and oxygen atoms in total. The van der Waals surface area contributed by atoms with E-state index in [0.29, 0.717) is 19.5 Å². The Hall–Kier alpha value is -4.02. The summed E-state index contributed by atoms with van der Waals surface area (Å²) in [6.07, 6.45) is -2.91. The Morgan fingerprint density at radius 2 is 1.79 bits per heavy atom. The molecule has 2 saturated heterocycles. The molecular weight excluding hydrogens is 661 g/mol. The molecule has 2 fully saturated rings. The van der Waals surface area contributed by atoms with Crippen LogP contribution in [0.2, 0.25) is 0 Å². The number of nitrogens with one attached hydrogen (secondary N) is 2. The Morgan fingerprint density at radius 3 is 2.46 bits per heavy atom. The Kier molecular flexibility index (Phi) is 10.7. The molecule has 48 heavy (non-hydrogen) atoms. The molecule has 0 radical (unpaired) electrons. The van der Waals surface area contributed by atoms with Gasteiger partial charge in [-0.25, -0.2) is 32.0 Å². The van der Waals surface area contributed by atoms with E-state index in [1.165, 1.54) is 34.6 Å². The number of hydrogen-bond donors (Lipinski definition) is 2. The number of alkyl carbamates (subject to hydrolysis) is 1. The van der Waals surface area contributed by atoms with Crippen LogP contribution in [0.3, 0.4) is 0 Å². The Labute approximate surface area is 274 Å². The highest BCUT2D eigenvalue weighted by molar-refractivity contribution is 7.89. The summed E-state index contributed by atoms with van der Waals surface area (Å²) in [6.45, 7) is 0.723. The van der Waals surface area contributed by atoms with Crippen LogP contribution in [0.4, 0.5) is 26.7 Å². The van der Waals surface area contributed by atoms with Gasteiger partial charge in [-0.2, -0.15) is 17.5 Å². The number of methoxy groups -OCH3 is 1. The largest absolute Gasteiger partial charge is 0.453 e. The van der Waals surface area contributed by atoms with Gasteiger partial charge in [-0.05, 0) is 66.1 Å². The first-order valence-corrected chi connectivity index (χ1v) is 16.9. The minimum absolute atomic E-state index is 0.00517. The first kappa shape index (κ1) is 35.3. The van der Waals surface area contributed by atoms with E-state index < -0.39 is 70.0 Å². The van der Waals surface area contributed by atoms with Gasteiger partial charge < -0.3 is 15.4 Å². The van der Waals surface area contributed by atoms with E-state index in [2.05, 4.69) is 20.6 Å². The predicted molar refractivity (Wildman–Crippen MR) is 163 cm³/mol. The number of rotatable bonds is 10. The average Bonchev–Trinajstić information content (AvgIpc) is 3.16. The third-order valence-electron chi connectivity index (χ3n) is 8.72. The van der Waals surface area contributed by atoms with Crippen molar-refractivity contribution in [2.24, 2.45) is 0 Å². The van der Waals surface area contributed by atoms with E-state index in [0.717, 1.165) is 38.1 Å². The van der Waals surface area contributed by atoms with Gasteiger partial charge in [0, 0.05) is 49.9 Å². The summed E-state index contributed by atoms with van der Waals surface area (Å²) in [5, 5.41) is 5.81. The lowest BCUT2D eigenvalue weighted by Gasteiger charge is -2.37. The summed E-state index contributed by atoms with van der Waals surface area (Å²) in [7, 11) is -2.43. The van der Waals surface area contributed by atoms with Crippen LogP contribution < -0.4 is 10.6 Å². The van der Waals surface area contributed by atoms with Crippen LogP contribution in [0.5, 0.6) is 0 Å². The lowest BCUT2D eigenvalue weighted by molar-refractivity contribution is -0.145. The molecule has 258 valence electrons. The Morgan fingerprint density at radius 1 is 1.08 bits per heavy atom. The molecule has 2 aliphatic rings. The van der Waals surface area contributed by atoms with Crippen LogP contribution in [0.1, 0.15) is 53.3 Å². The number of aromatic nitrogens is 2. The number of nitrogens with zero attached hydrogens (tertiary/aromatic N) is 3. The molecule has 2 aliphatic heterocycles. The maximum Gasteiger partial charge on any atom is 0.451 e. The lowest BCUT2D eigenvalue weighted by atomic mass is 9.82. The van der Waals surface area contributed by atoms with E-state index in [4.69, 9.17) is 4.74 Å². The maximum atomic E-state index is 15.4. The van der Waals surface area contributed by atoms with Crippen molar-refractivity contribution in [1.82, 2.24) is 24.9 Å². The molecule has 0 aliphatic carbocycles. The van der Waals surface area contributed by atoms with Gasteiger partial charge in [0.1, 0.15) is 17.7 Å². The van der Waals surface area contributed by atoms with Crippen molar-refractivity contribution in [3.8, 4) is 0 Å². The van der Waals surface area contributed by atoms with Gasteiger partial charge in [0.05, 0.1) is 12.9 Å². The molecule has 3 aromatic rings. The fourth-order valence-corrected chi connectivity index (χ4v) is 8.14. The van der Waals surface area contributed by atoms with E-state index in [-0.39, 0.29) is 46.9 Å². The highest BCUT2D eigenvalue weighted by Gasteiger charge is 2.39. The quantitative estimate of drug-likeness (QED) is 0.303. The number of sulfonamides is 1. The fraction of sp³-hybridized carbons (Fsp3) is 0.438. The average molecular weight is 696 g/mol. The zero-order chi connectivity index (χ0) is 34.6. The molecule has 16 heteroatoms. The number of ether oxygens (including phenoxy) is 1. The molecule has 5 atom stereocenters. The van der Waals surface area contributed by atoms with Crippen molar-refractivity contribution < 1.29 is 44.7 Å². The van der Waals surface area contributed by atoms with Crippen LogP contribution in [0, 0.1) is 11.6 Å². The molecule has 2 N–H and O–H groups in total. The molecule has 1 amide bonds. The van der Waals surface area contributed by atoms with Gasteiger partial charge in [0.25, 0.3) is 0 Å². The van der Waals surface area contributed by atoms with Crippen LogP contribution in [0.15, 0.2) is 54.9 Å². The molecule has 1 aromatic heterocycles. The van der Waals surface area contributed by atoms with Gasteiger partial charge >= 0.3 is 12.3 Å².